The van der Waals surface area contributed by atoms with Crippen LogP contribution in [-0.4, -0.2) is 5.11 Å². The zero-order valence-electron chi connectivity index (χ0n) is 3.39. The first-order chi connectivity index (χ1) is 2.91. The highest BCUT2D eigenvalue weighted by molar-refractivity contribution is 7.45. The van der Waals surface area contributed by atoms with Crippen LogP contribution in [0.1, 0.15) is 0 Å². The number of aliphatic hydroxyl groups excluding tert-OH is 1. The van der Waals surface area contributed by atoms with E-state index in [1.165, 1.54) is 0 Å². The van der Waals surface area contributed by atoms with Crippen molar-refractivity contribution >= 4 is 8.58 Å². The summed E-state index contributed by atoms with van der Waals surface area (Å²) in [7, 11) is 0.548. The number of hydrogen-bond donors (Lipinski definition) is 1. The Balaban J connectivity index is 2.85. The zero-order chi connectivity index (χ0) is 4.83. The van der Waals surface area contributed by atoms with Gasteiger partial charge in [-0.3, -0.25) is 0 Å². The van der Waals surface area contributed by atoms with Gasteiger partial charge in [0.25, 0.3) is 0 Å². The molecule has 0 aliphatic carbocycles. The number of aliphatic hydroxyl groups is 1. The summed E-state index contributed by atoms with van der Waals surface area (Å²) in [6, 6.07) is 0. The third kappa shape index (κ3) is 3.71. The van der Waals surface area contributed by atoms with E-state index in [2.05, 4.69) is 6.58 Å². The van der Waals surface area contributed by atoms with Gasteiger partial charge in [0.15, 0.2) is 0 Å². The van der Waals surface area contributed by atoms with Crippen molar-refractivity contribution in [2.24, 2.45) is 0 Å². The van der Waals surface area contributed by atoms with Crippen molar-refractivity contribution < 1.29 is 5.11 Å². The molecule has 0 aliphatic rings. The highest BCUT2D eigenvalue weighted by atomic mass is 31.1. The summed E-state index contributed by atoms with van der Waals surface area (Å²) in [6.07, 6.45) is 1.03. The third-order valence-corrected chi connectivity index (χ3v) is 0.866. The summed E-state index contributed by atoms with van der Waals surface area (Å²) in [5, 5.41) is 7.98. The van der Waals surface area contributed by atoms with Crippen LogP contribution in [0, 0.1) is 0 Å². The molecule has 1 unspecified atom stereocenters. The monoisotopic (exact) mass is 102 g/mol. The fraction of sp³-hybridized carbons (Fsp3) is 0. The average molecular weight is 102 g/mol. The average Bonchev–Trinajstić information content (AvgIpc) is 1.61. The topological polar surface area (TPSA) is 20.2 Å². The summed E-state index contributed by atoms with van der Waals surface area (Å²) < 4.78 is 0. The highest BCUT2D eigenvalue weighted by Crippen LogP contribution is 2.09. The van der Waals surface area contributed by atoms with E-state index in [0.29, 0.717) is 8.58 Å². The van der Waals surface area contributed by atoms with Gasteiger partial charge in [0, 0.05) is 0 Å². The molecule has 0 amide bonds. The molecular weight excluding hydrogens is 95.0 g/mol. The molecule has 0 aromatic heterocycles. The molecule has 1 atom stereocenters. The van der Waals surface area contributed by atoms with Crippen molar-refractivity contribution in [3.63, 3.8) is 0 Å². The van der Waals surface area contributed by atoms with Crippen LogP contribution < -0.4 is 0 Å². The van der Waals surface area contributed by atoms with Crippen LogP contribution in [-0.2, 0) is 0 Å². The standard InChI is InChI=1S/C4H7OP/c1-2-6-4-3-5/h2-6H,1H2. The lowest BCUT2D eigenvalue weighted by Gasteiger charge is -1.70. The van der Waals surface area contributed by atoms with E-state index in [1.807, 2.05) is 0 Å². The molecule has 0 aliphatic heterocycles. The van der Waals surface area contributed by atoms with Crippen molar-refractivity contribution in [3.8, 4) is 0 Å². The van der Waals surface area contributed by atoms with Gasteiger partial charge in [0.2, 0.25) is 0 Å². The Morgan fingerprint density at radius 2 is 2.33 bits per heavy atom. The molecule has 0 bridgehead atoms. The molecule has 0 spiro atoms. The molecule has 0 saturated heterocycles. The van der Waals surface area contributed by atoms with Gasteiger partial charge in [-0.25, -0.2) is 0 Å². The van der Waals surface area contributed by atoms with E-state index >= 15 is 0 Å². The van der Waals surface area contributed by atoms with Crippen LogP contribution in [0.15, 0.2) is 24.5 Å². The van der Waals surface area contributed by atoms with Crippen molar-refractivity contribution in [1.82, 2.24) is 0 Å². The Labute approximate surface area is 39.2 Å². The fourth-order valence-corrected chi connectivity index (χ4v) is 0.333. The van der Waals surface area contributed by atoms with Crippen LogP contribution in [0.3, 0.4) is 0 Å². The van der Waals surface area contributed by atoms with E-state index in [-0.39, 0.29) is 0 Å². The van der Waals surface area contributed by atoms with E-state index in [4.69, 9.17) is 5.11 Å². The van der Waals surface area contributed by atoms with Gasteiger partial charge < -0.3 is 5.11 Å². The van der Waals surface area contributed by atoms with Crippen LogP contribution >= 0.6 is 8.58 Å². The predicted octanol–water partition coefficient (Wildman–Crippen LogP) is 1.84. The first-order valence-electron chi connectivity index (χ1n) is 1.58. The fourth-order valence-electron chi connectivity index (χ4n) is 0.111. The van der Waals surface area contributed by atoms with Crippen molar-refractivity contribution in [1.29, 1.82) is 0 Å². The molecule has 0 fully saturated rings. The summed E-state index contributed by atoms with van der Waals surface area (Å²) >= 11 is 0. The van der Waals surface area contributed by atoms with Crippen molar-refractivity contribution in [2.45, 2.75) is 0 Å². The lowest BCUT2D eigenvalue weighted by Crippen LogP contribution is -1.37. The van der Waals surface area contributed by atoms with E-state index in [9.17, 15) is 0 Å². The van der Waals surface area contributed by atoms with Gasteiger partial charge in [-0.05, 0) is 5.82 Å². The summed E-state index contributed by atoms with van der Waals surface area (Å²) in [5.41, 5.74) is 0. The smallest absolute Gasteiger partial charge is 0.0796 e. The van der Waals surface area contributed by atoms with Gasteiger partial charge in [-0.15, -0.1) is 0 Å². The Morgan fingerprint density at radius 1 is 1.67 bits per heavy atom. The first kappa shape index (κ1) is 5.71. The Morgan fingerprint density at radius 3 is 2.50 bits per heavy atom. The Bertz CT molecular complexity index is 58.6. The second kappa shape index (κ2) is 4.71. The first-order valence-corrected chi connectivity index (χ1v) is 2.73. The summed E-state index contributed by atoms with van der Waals surface area (Å²) in [4.78, 5) is 0. The normalized spacial score (nSPS) is 11.3. The van der Waals surface area contributed by atoms with Crippen molar-refractivity contribution in [2.75, 3.05) is 0 Å². The molecule has 1 nitrogen and oxygen atoms in total. The minimum atomic E-state index is 0.548. The lowest BCUT2D eigenvalue weighted by molar-refractivity contribution is 0.475. The number of hydrogen-bond acceptors (Lipinski definition) is 1. The second-order valence-electron chi connectivity index (χ2n) is 0.687. The van der Waals surface area contributed by atoms with Gasteiger partial charge >= 0.3 is 0 Å². The Kier molecular flexibility index (Phi) is 4.48. The predicted molar refractivity (Wildman–Crippen MR) is 30.3 cm³/mol. The van der Waals surface area contributed by atoms with E-state index in [0.717, 1.165) is 6.26 Å². The van der Waals surface area contributed by atoms with Gasteiger partial charge in [-0.1, -0.05) is 21.0 Å². The minimum Gasteiger partial charge on any atom is -0.516 e. The van der Waals surface area contributed by atoms with Crippen molar-refractivity contribution in [3.05, 3.63) is 24.5 Å². The molecule has 0 aromatic rings. The lowest BCUT2D eigenvalue weighted by atomic mass is 11.2. The molecule has 0 rings (SSSR count). The second-order valence-corrected chi connectivity index (χ2v) is 1.76. The van der Waals surface area contributed by atoms with Gasteiger partial charge in [0.05, 0.1) is 6.26 Å². The Hall–Kier alpha value is -0.290. The van der Waals surface area contributed by atoms with Crippen LogP contribution in [0.2, 0.25) is 0 Å². The van der Waals surface area contributed by atoms with Gasteiger partial charge in [0.1, 0.15) is 0 Å². The molecule has 0 radical (unpaired) electrons. The molecule has 2 heteroatoms. The van der Waals surface area contributed by atoms with Crippen LogP contribution in [0.25, 0.3) is 0 Å². The molecule has 0 heterocycles. The van der Waals surface area contributed by atoms with Crippen LogP contribution in [0.4, 0.5) is 0 Å². The minimum absolute atomic E-state index is 0.548. The SMILES string of the molecule is C=CPC=CO. The molecule has 0 aromatic carbocycles. The zero-order valence-corrected chi connectivity index (χ0v) is 4.39. The largest absolute Gasteiger partial charge is 0.516 e. The van der Waals surface area contributed by atoms with Crippen LogP contribution in [0.5, 0.6) is 0 Å². The molecule has 6 heavy (non-hydrogen) atoms. The van der Waals surface area contributed by atoms with Gasteiger partial charge in [-0.2, -0.15) is 0 Å². The maximum absolute atomic E-state index is 7.98. The molecule has 0 saturated carbocycles. The molecule has 34 valence electrons. The molecule has 1 N–H and O–H groups in total. The number of rotatable bonds is 2. The molecular formula is C4H7OP. The van der Waals surface area contributed by atoms with E-state index in [1.54, 1.807) is 11.6 Å². The van der Waals surface area contributed by atoms with E-state index < -0.39 is 0 Å². The maximum atomic E-state index is 7.98. The third-order valence-electron chi connectivity index (χ3n) is 0.289. The summed E-state index contributed by atoms with van der Waals surface area (Å²) in [6.45, 7) is 3.45. The highest BCUT2D eigenvalue weighted by Gasteiger charge is 1.58. The summed E-state index contributed by atoms with van der Waals surface area (Å²) in [5.74, 6) is 3.39. The quantitative estimate of drug-likeness (QED) is 0.416. The maximum Gasteiger partial charge on any atom is 0.0796 e.